The van der Waals surface area contributed by atoms with Gasteiger partial charge in [0, 0.05) is 19.7 Å². The summed E-state index contributed by atoms with van der Waals surface area (Å²) in [6, 6.07) is 0. The number of methoxy groups -OCH3 is 1. The van der Waals surface area contributed by atoms with Crippen molar-refractivity contribution in [1.82, 2.24) is 4.90 Å². The Labute approximate surface area is 104 Å². The van der Waals surface area contributed by atoms with Crippen molar-refractivity contribution in [2.24, 2.45) is 5.41 Å². The van der Waals surface area contributed by atoms with Crippen LogP contribution in [0.5, 0.6) is 0 Å². The van der Waals surface area contributed by atoms with E-state index in [2.05, 4.69) is 11.8 Å². The molecule has 1 fully saturated rings. The van der Waals surface area contributed by atoms with Gasteiger partial charge in [-0.3, -0.25) is 9.69 Å². The van der Waals surface area contributed by atoms with Crippen LogP contribution in [-0.4, -0.2) is 50.3 Å². The Morgan fingerprint density at radius 1 is 1.53 bits per heavy atom. The summed E-state index contributed by atoms with van der Waals surface area (Å²) in [6.45, 7) is 9.41. The fourth-order valence-electron chi connectivity index (χ4n) is 2.28. The summed E-state index contributed by atoms with van der Waals surface area (Å²) < 4.78 is 10.5. The second kappa shape index (κ2) is 6.36. The number of hydrogen-bond donors (Lipinski definition) is 0. The molecule has 4 heteroatoms. The van der Waals surface area contributed by atoms with Gasteiger partial charge in [0.1, 0.15) is 0 Å². The van der Waals surface area contributed by atoms with Gasteiger partial charge in [-0.2, -0.15) is 0 Å². The van der Waals surface area contributed by atoms with Gasteiger partial charge >= 0.3 is 5.97 Å². The Hall–Kier alpha value is -0.610. The normalized spacial score (nSPS) is 20.9. The monoisotopic (exact) mass is 243 g/mol. The van der Waals surface area contributed by atoms with E-state index in [1.807, 2.05) is 13.8 Å². The third-order valence-electron chi connectivity index (χ3n) is 3.29. The molecule has 1 aliphatic rings. The van der Waals surface area contributed by atoms with Crippen LogP contribution in [0.1, 0.15) is 33.6 Å². The lowest BCUT2D eigenvalue weighted by molar-refractivity contribution is -0.152. The summed E-state index contributed by atoms with van der Waals surface area (Å²) in [5, 5.41) is 0. The number of rotatable bonds is 6. The quantitative estimate of drug-likeness (QED) is 0.665. The number of hydrogen-bond acceptors (Lipinski definition) is 4. The van der Waals surface area contributed by atoms with E-state index in [9.17, 15) is 4.79 Å². The Balaban J connectivity index is 2.47. The predicted octanol–water partition coefficient (Wildman–Crippen LogP) is 1.69. The summed E-state index contributed by atoms with van der Waals surface area (Å²) >= 11 is 0. The zero-order chi connectivity index (χ0) is 12.9. The number of ether oxygens (including phenoxy) is 2. The molecule has 1 aliphatic heterocycles. The van der Waals surface area contributed by atoms with Gasteiger partial charge in [0.25, 0.3) is 0 Å². The van der Waals surface area contributed by atoms with Gasteiger partial charge in [-0.1, -0.05) is 6.92 Å². The molecule has 1 unspecified atom stereocenters. The Morgan fingerprint density at radius 2 is 2.24 bits per heavy atom. The van der Waals surface area contributed by atoms with Gasteiger partial charge in [0.15, 0.2) is 0 Å². The van der Waals surface area contributed by atoms with Crippen LogP contribution < -0.4 is 0 Å². The van der Waals surface area contributed by atoms with Crippen molar-refractivity contribution in [1.29, 1.82) is 0 Å². The van der Waals surface area contributed by atoms with Crippen molar-refractivity contribution in [2.45, 2.75) is 39.7 Å². The Kier molecular flexibility index (Phi) is 5.40. The lowest BCUT2D eigenvalue weighted by Gasteiger charge is -2.31. The largest absolute Gasteiger partial charge is 0.469 e. The zero-order valence-electron chi connectivity index (χ0n) is 11.5. The zero-order valence-corrected chi connectivity index (χ0v) is 11.5. The molecule has 17 heavy (non-hydrogen) atoms. The van der Waals surface area contributed by atoms with E-state index >= 15 is 0 Å². The van der Waals surface area contributed by atoms with Crippen molar-refractivity contribution in [2.75, 3.05) is 33.4 Å². The molecule has 0 aliphatic carbocycles. The maximum Gasteiger partial charge on any atom is 0.312 e. The van der Waals surface area contributed by atoms with E-state index < -0.39 is 5.41 Å². The van der Waals surface area contributed by atoms with Crippen molar-refractivity contribution >= 4 is 5.97 Å². The third-order valence-corrected chi connectivity index (χ3v) is 3.29. The number of carbonyl (C=O) groups excluding carboxylic acids is 1. The molecule has 0 spiro atoms. The van der Waals surface area contributed by atoms with Gasteiger partial charge in [-0.05, 0) is 33.2 Å². The van der Waals surface area contributed by atoms with Crippen LogP contribution in [0.25, 0.3) is 0 Å². The van der Waals surface area contributed by atoms with Crippen molar-refractivity contribution in [3.63, 3.8) is 0 Å². The van der Waals surface area contributed by atoms with E-state index in [1.54, 1.807) is 0 Å². The maximum atomic E-state index is 11.6. The van der Waals surface area contributed by atoms with Crippen LogP contribution in [0.3, 0.4) is 0 Å². The van der Waals surface area contributed by atoms with Crippen molar-refractivity contribution in [3.8, 4) is 0 Å². The molecule has 1 heterocycles. The van der Waals surface area contributed by atoms with Crippen LogP contribution in [0.4, 0.5) is 0 Å². The Morgan fingerprint density at radius 3 is 2.71 bits per heavy atom. The molecule has 0 N–H and O–H groups in total. The molecule has 1 rings (SSSR count). The first-order valence-corrected chi connectivity index (χ1v) is 6.42. The van der Waals surface area contributed by atoms with Gasteiger partial charge in [0.05, 0.1) is 18.6 Å². The summed E-state index contributed by atoms with van der Waals surface area (Å²) in [6.07, 6.45) is 2.63. The molecule has 4 nitrogen and oxygen atoms in total. The molecule has 100 valence electrons. The first-order chi connectivity index (χ1) is 7.99. The Bertz CT molecular complexity index is 247. The first kappa shape index (κ1) is 14.5. The van der Waals surface area contributed by atoms with Crippen LogP contribution in [-0.2, 0) is 14.3 Å². The predicted molar refractivity (Wildman–Crippen MR) is 66.9 cm³/mol. The highest BCUT2D eigenvalue weighted by Crippen LogP contribution is 2.21. The molecule has 0 aromatic carbocycles. The summed E-state index contributed by atoms with van der Waals surface area (Å²) in [5.74, 6) is -0.150. The van der Waals surface area contributed by atoms with E-state index in [0.717, 1.165) is 39.1 Å². The van der Waals surface area contributed by atoms with Gasteiger partial charge in [0.2, 0.25) is 0 Å². The van der Waals surface area contributed by atoms with Crippen LogP contribution in [0.2, 0.25) is 0 Å². The number of carbonyl (C=O) groups is 1. The summed E-state index contributed by atoms with van der Waals surface area (Å²) in [7, 11) is 1.44. The fraction of sp³-hybridized carbons (Fsp3) is 0.923. The topological polar surface area (TPSA) is 38.8 Å². The SMILES string of the molecule is CCN(CC1CCCO1)CC(C)(C)C(=O)OC. The molecule has 0 aromatic rings. The fourth-order valence-corrected chi connectivity index (χ4v) is 2.28. The smallest absolute Gasteiger partial charge is 0.312 e. The number of esters is 1. The van der Waals surface area contributed by atoms with E-state index in [-0.39, 0.29) is 5.97 Å². The van der Waals surface area contributed by atoms with Crippen molar-refractivity contribution < 1.29 is 14.3 Å². The molecule has 0 amide bonds. The summed E-state index contributed by atoms with van der Waals surface area (Å²) in [4.78, 5) is 13.9. The number of nitrogens with zero attached hydrogens (tertiary/aromatic N) is 1. The average molecular weight is 243 g/mol. The second-order valence-corrected chi connectivity index (χ2v) is 5.34. The minimum absolute atomic E-state index is 0.150. The van der Waals surface area contributed by atoms with Crippen molar-refractivity contribution in [3.05, 3.63) is 0 Å². The molecular formula is C13H25NO3. The molecule has 1 saturated heterocycles. The summed E-state index contributed by atoms with van der Waals surface area (Å²) in [5.41, 5.74) is -0.455. The first-order valence-electron chi connectivity index (χ1n) is 6.42. The van der Waals surface area contributed by atoms with Crippen LogP contribution in [0, 0.1) is 5.41 Å². The highest BCUT2D eigenvalue weighted by molar-refractivity contribution is 5.76. The highest BCUT2D eigenvalue weighted by atomic mass is 16.5. The standard InChI is InChI=1S/C13H25NO3/c1-5-14(9-11-7-6-8-17-11)10-13(2,3)12(15)16-4/h11H,5-10H2,1-4H3. The van der Waals surface area contributed by atoms with E-state index in [4.69, 9.17) is 9.47 Å². The molecular weight excluding hydrogens is 218 g/mol. The lowest BCUT2D eigenvalue weighted by Crippen LogP contribution is -2.42. The lowest BCUT2D eigenvalue weighted by atomic mass is 9.92. The second-order valence-electron chi connectivity index (χ2n) is 5.34. The molecule has 0 bridgehead atoms. The molecule has 1 atom stereocenters. The highest BCUT2D eigenvalue weighted by Gasteiger charge is 2.31. The third kappa shape index (κ3) is 4.28. The maximum absolute atomic E-state index is 11.6. The van der Waals surface area contributed by atoms with Gasteiger partial charge in [-0.25, -0.2) is 0 Å². The van der Waals surface area contributed by atoms with Crippen LogP contribution >= 0.6 is 0 Å². The molecule has 0 radical (unpaired) electrons. The van der Waals surface area contributed by atoms with Crippen LogP contribution in [0.15, 0.2) is 0 Å². The molecule has 0 aromatic heterocycles. The van der Waals surface area contributed by atoms with E-state index in [0.29, 0.717) is 6.10 Å². The van der Waals surface area contributed by atoms with Gasteiger partial charge in [-0.15, -0.1) is 0 Å². The van der Waals surface area contributed by atoms with E-state index in [1.165, 1.54) is 7.11 Å². The molecule has 0 saturated carbocycles. The van der Waals surface area contributed by atoms with Gasteiger partial charge < -0.3 is 9.47 Å². The minimum Gasteiger partial charge on any atom is -0.469 e. The number of likely N-dealkylation sites (N-methyl/N-ethyl adjacent to an activating group) is 1. The average Bonchev–Trinajstić information content (AvgIpc) is 2.79. The minimum atomic E-state index is -0.455.